The molecular weight excluding hydrogens is 243 g/mol. The fourth-order valence-electron chi connectivity index (χ4n) is 2.91. The minimum absolute atomic E-state index is 0.195. The molecule has 0 saturated carbocycles. The van der Waals surface area contributed by atoms with Gasteiger partial charge >= 0.3 is 0 Å². The van der Waals surface area contributed by atoms with E-state index in [9.17, 15) is 4.39 Å². The highest BCUT2D eigenvalue weighted by Gasteiger charge is 2.27. The smallest absolute Gasteiger partial charge is 0.165 e. The van der Waals surface area contributed by atoms with Gasteiger partial charge < -0.3 is 15.0 Å². The van der Waals surface area contributed by atoms with Gasteiger partial charge in [-0.3, -0.25) is 0 Å². The molecule has 2 rings (SSSR count). The molecule has 2 unspecified atom stereocenters. The van der Waals surface area contributed by atoms with E-state index < -0.39 is 0 Å². The Kier molecular flexibility index (Phi) is 4.77. The van der Waals surface area contributed by atoms with Crippen molar-refractivity contribution in [1.29, 1.82) is 0 Å². The molecule has 1 heterocycles. The van der Waals surface area contributed by atoms with Gasteiger partial charge in [0.2, 0.25) is 0 Å². The third-order valence-corrected chi connectivity index (χ3v) is 3.80. The van der Waals surface area contributed by atoms with Crippen LogP contribution in [0.5, 0.6) is 5.75 Å². The summed E-state index contributed by atoms with van der Waals surface area (Å²) in [6.07, 6.45) is 3.60. The van der Waals surface area contributed by atoms with Gasteiger partial charge in [-0.15, -0.1) is 0 Å². The second kappa shape index (κ2) is 6.35. The summed E-state index contributed by atoms with van der Waals surface area (Å²) in [5.41, 5.74) is 1.00. The second-order valence-corrected chi connectivity index (χ2v) is 5.36. The number of nitrogens with zero attached hydrogens (tertiary/aromatic N) is 1. The Balaban J connectivity index is 2.25. The summed E-state index contributed by atoms with van der Waals surface area (Å²) in [6, 6.07) is 5.85. The Morgan fingerprint density at radius 1 is 1.37 bits per heavy atom. The van der Waals surface area contributed by atoms with E-state index in [1.54, 1.807) is 12.1 Å². The lowest BCUT2D eigenvalue weighted by Crippen LogP contribution is -2.44. The van der Waals surface area contributed by atoms with Crippen molar-refractivity contribution in [1.82, 2.24) is 10.2 Å². The molecule has 0 bridgehead atoms. The van der Waals surface area contributed by atoms with Gasteiger partial charge in [0.1, 0.15) is 0 Å². The maximum atomic E-state index is 13.9. The molecule has 0 radical (unpaired) electrons. The number of methoxy groups -OCH3 is 1. The van der Waals surface area contributed by atoms with E-state index >= 15 is 0 Å². The minimum Gasteiger partial charge on any atom is -0.494 e. The summed E-state index contributed by atoms with van der Waals surface area (Å²) in [5.74, 6) is 0.0144. The zero-order valence-electron chi connectivity index (χ0n) is 11.9. The molecule has 0 spiro atoms. The molecule has 2 atom stereocenters. The third kappa shape index (κ3) is 3.25. The van der Waals surface area contributed by atoms with Crippen LogP contribution in [0.25, 0.3) is 0 Å². The fraction of sp³-hybridized carbons (Fsp3) is 0.600. The number of likely N-dealkylation sites (N-methyl/N-ethyl adjacent to an activating group) is 1. The van der Waals surface area contributed by atoms with Gasteiger partial charge in [0.15, 0.2) is 11.6 Å². The van der Waals surface area contributed by atoms with Gasteiger partial charge in [0.05, 0.1) is 7.11 Å². The summed E-state index contributed by atoms with van der Waals surface area (Å²) in [5, 5.41) is 3.55. The van der Waals surface area contributed by atoms with Crippen molar-refractivity contribution < 1.29 is 9.13 Å². The molecule has 1 saturated heterocycles. The van der Waals surface area contributed by atoms with Crippen LogP contribution in [0.15, 0.2) is 18.2 Å². The van der Waals surface area contributed by atoms with Crippen molar-refractivity contribution in [3.8, 4) is 5.75 Å². The first-order chi connectivity index (χ1) is 9.13. The van der Waals surface area contributed by atoms with E-state index in [2.05, 4.69) is 10.2 Å². The molecule has 1 aromatic rings. The Bertz CT molecular complexity index is 417. The van der Waals surface area contributed by atoms with Crippen LogP contribution in [0.3, 0.4) is 0 Å². The number of ether oxygens (including phenoxy) is 1. The van der Waals surface area contributed by atoms with Crippen LogP contribution in [-0.2, 0) is 0 Å². The molecule has 106 valence electrons. The van der Waals surface area contributed by atoms with Gasteiger partial charge in [-0.05, 0) is 51.2 Å². The van der Waals surface area contributed by atoms with Crippen LogP contribution in [-0.4, -0.2) is 38.7 Å². The Morgan fingerprint density at radius 2 is 2.16 bits per heavy atom. The van der Waals surface area contributed by atoms with Crippen molar-refractivity contribution in [2.75, 3.05) is 27.7 Å². The summed E-state index contributed by atoms with van der Waals surface area (Å²) in [4.78, 5) is 2.16. The zero-order valence-corrected chi connectivity index (χ0v) is 11.9. The minimum atomic E-state index is -0.289. The highest BCUT2D eigenvalue weighted by molar-refractivity contribution is 5.31. The van der Waals surface area contributed by atoms with Crippen molar-refractivity contribution >= 4 is 0 Å². The van der Waals surface area contributed by atoms with E-state index in [-0.39, 0.29) is 11.9 Å². The number of nitrogens with one attached hydrogen (secondary N) is 1. The van der Waals surface area contributed by atoms with E-state index in [0.717, 1.165) is 18.5 Å². The Hall–Kier alpha value is -1.13. The third-order valence-electron chi connectivity index (χ3n) is 3.80. The lowest BCUT2D eigenvalue weighted by molar-refractivity contribution is 0.204. The number of piperidine rings is 1. The predicted molar refractivity (Wildman–Crippen MR) is 75.0 cm³/mol. The molecule has 1 aromatic carbocycles. The molecule has 4 heteroatoms. The molecule has 1 aliphatic rings. The predicted octanol–water partition coefficient (Wildman–Crippen LogP) is 2.58. The van der Waals surface area contributed by atoms with E-state index in [0.29, 0.717) is 11.8 Å². The molecule has 19 heavy (non-hydrogen) atoms. The summed E-state index contributed by atoms with van der Waals surface area (Å²) >= 11 is 0. The highest BCUT2D eigenvalue weighted by Crippen LogP contribution is 2.29. The van der Waals surface area contributed by atoms with E-state index in [1.807, 2.05) is 20.2 Å². The normalized spacial score (nSPS) is 21.4. The average molecular weight is 266 g/mol. The van der Waals surface area contributed by atoms with Crippen LogP contribution >= 0.6 is 0 Å². The van der Waals surface area contributed by atoms with Crippen LogP contribution < -0.4 is 10.1 Å². The molecular formula is C15H23FN2O. The van der Waals surface area contributed by atoms with Crippen LogP contribution in [0.4, 0.5) is 4.39 Å². The molecule has 3 nitrogen and oxygen atoms in total. The van der Waals surface area contributed by atoms with Gasteiger partial charge in [0, 0.05) is 12.1 Å². The Labute approximate surface area is 114 Å². The number of halogens is 1. The lowest BCUT2D eigenvalue weighted by Gasteiger charge is -2.36. The van der Waals surface area contributed by atoms with Crippen molar-refractivity contribution in [3.05, 3.63) is 29.6 Å². The topological polar surface area (TPSA) is 24.5 Å². The summed E-state index contributed by atoms with van der Waals surface area (Å²) in [7, 11) is 5.58. The van der Waals surface area contributed by atoms with Gasteiger partial charge in [-0.25, -0.2) is 4.39 Å². The number of hydrogen-bond acceptors (Lipinski definition) is 3. The van der Waals surface area contributed by atoms with Gasteiger partial charge in [-0.2, -0.15) is 0 Å². The first-order valence-corrected chi connectivity index (χ1v) is 6.86. The second-order valence-electron chi connectivity index (χ2n) is 5.36. The first kappa shape index (κ1) is 14.3. The molecule has 0 aliphatic carbocycles. The highest BCUT2D eigenvalue weighted by atomic mass is 19.1. The van der Waals surface area contributed by atoms with Gasteiger partial charge in [-0.1, -0.05) is 12.5 Å². The SMILES string of the molecule is COc1ccc(C(C2CCCCN2)N(C)C)cc1F. The van der Waals surface area contributed by atoms with E-state index in [1.165, 1.54) is 20.0 Å². The van der Waals surface area contributed by atoms with Crippen molar-refractivity contribution in [2.24, 2.45) is 0 Å². The van der Waals surface area contributed by atoms with Crippen LogP contribution in [0.2, 0.25) is 0 Å². The Morgan fingerprint density at radius 3 is 2.68 bits per heavy atom. The largest absolute Gasteiger partial charge is 0.494 e. The van der Waals surface area contributed by atoms with E-state index in [4.69, 9.17) is 4.74 Å². The number of rotatable bonds is 4. The molecule has 1 fully saturated rings. The summed E-state index contributed by atoms with van der Waals surface area (Å²) < 4.78 is 18.9. The van der Waals surface area contributed by atoms with Crippen LogP contribution in [0.1, 0.15) is 30.9 Å². The van der Waals surface area contributed by atoms with Crippen molar-refractivity contribution in [3.63, 3.8) is 0 Å². The standard InChI is InChI=1S/C15H23FN2O/c1-18(2)15(13-6-4-5-9-17-13)11-7-8-14(19-3)12(16)10-11/h7-8,10,13,15,17H,4-6,9H2,1-3H3. The van der Waals surface area contributed by atoms with Gasteiger partial charge in [0.25, 0.3) is 0 Å². The zero-order chi connectivity index (χ0) is 13.8. The maximum Gasteiger partial charge on any atom is 0.165 e. The first-order valence-electron chi connectivity index (χ1n) is 6.86. The maximum absolute atomic E-state index is 13.9. The molecule has 0 amide bonds. The van der Waals surface area contributed by atoms with Crippen LogP contribution in [0, 0.1) is 5.82 Å². The molecule has 1 aliphatic heterocycles. The number of hydrogen-bond donors (Lipinski definition) is 1. The summed E-state index contributed by atoms with van der Waals surface area (Å²) in [6.45, 7) is 1.05. The fourth-order valence-corrected chi connectivity index (χ4v) is 2.91. The number of benzene rings is 1. The molecule has 0 aromatic heterocycles. The lowest BCUT2D eigenvalue weighted by atomic mass is 9.91. The van der Waals surface area contributed by atoms with Crippen molar-refractivity contribution in [2.45, 2.75) is 31.3 Å². The quantitative estimate of drug-likeness (QED) is 0.906. The average Bonchev–Trinajstić information content (AvgIpc) is 2.40. The monoisotopic (exact) mass is 266 g/mol. The molecule has 1 N–H and O–H groups in total.